The lowest BCUT2D eigenvalue weighted by molar-refractivity contribution is -0.137. The van der Waals surface area contributed by atoms with E-state index in [2.05, 4.69) is 25.2 Å². The molecule has 1 aliphatic carbocycles. The van der Waals surface area contributed by atoms with E-state index in [4.69, 9.17) is 5.11 Å². The van der Waals surface area contributed by atoms with Crippen molar-refractivity contribution in [2.24, 2.45) is 5.92 Å². The highest BCUT2D eigenvalue weighted by Crippen LogP contribution is 2.26. The molecule has 0 radical (unpaired) electrons. The number of carboxylic acids is 1. The van der Waals surface area contributed by atoms with Crippen LogP contribution < -0.4 is 0 Å². The molecule has 0 aromatic rings. The fourth-order valence-corrected chi connectivity index (χ4v) is 2.87. The van der Waals surface area contributed by atoms with Crippen LogP contribution in [-0.4, -0.2) is 16.9 Å². The fourth-order valence-electron chi connectivity index (χ4n) is 2.87. The Balaban J connectivity index is 2.27. The average molecular weight is 344 g/mol. The molecule has 138 valence electrons. The second-order valence-corrected chi connectivity index (χ2v) is 6.56. The zero-order chi connectivity index (χ0) is 18.3. The topological polar surface area (TPSA) is 54.4 Å². The van der Waals surface area contributed by atoms with Gasteiger partial charge in [-0.1, -0.05) is 56.2 Å². The van der Waals surface area contributed by atoms with Crippen LogP contribution in [0.15, 0.2) is 48.1 Å². The van der Waals surface area contributed by atoms with Gasteiger partial charge in [0.05, 0.1) is 0 Å². The highest BCUT2D eigenvalue weighted by Gasteiger charge is 2.21. The van der Waals surface area contributed by atoms with Crippen molar-refractivity contribution < 1.29 is 14.7 Å². The number of unbranched alkanes of at least 4 members (excludes halogenated alkanes) is 5. The summed E-state index contributed by atoms with van der Waals surface area (Å²) in [5.74, 6) is -0.356. The lowest BCUT2D eigenvalue weighted by Gasteiger charge is -2.07. The summed E-state index contributed by atoms with van der Waals surface area (Å²) in [6.45, 7) is 2.20. The number of ketones is 1. The Morgan fingerprint density at radius 3 is 2.56 bits per heavy atom. The SMILES string of the molecule is CCCCC/C=C\C=C1\C(=O)C=CC1CC/C=C\CCCCC(=O)O. The Labute approximate surface area is 152 Å². The largest absolute Gasteiger partial charge is 0.481 e. The number of hydrogen-bond donors (Lipinski definition) is 1. The quantitative estimate of drug-likeness (QED) is 0.261. The Bertz CT molecular complexity index is 523. The Hall–Kier alpha value is -1.90. The second kappa shape index (κ2) is 13.4. The number of carbonyl (C=O) groups is 2. The van der Waals surface area contributed by atoms with Gasteiger partial charge in [-0.3, -0.25) is 9.59 Å². The van der Waals surface area contributed by atoms with Crippen LogP contribution in [0.4, 0.5) is 0 Å². The zero-order valence-corrected chi connectivity index (χ0v) is 15.5. The normalized spacial score (nSPS) is 19.0. The van der Waals surface area contributed by atoms with Crippen LogP contribution in [0.25, 0.3) is 0 Å². The standard InChI is InChI=1S/C22H32O3/c1-2-3-4-5-9-12-15-20-19(17-18-21(20)23)14-11-8-6-7-10-13-16-22(24)25/h6,8-9,12,15,17-19H,2-5,7,10-11,13-14,16H2,1H3,(H,24,25)/b8-6-,12-9-,20-15+. The minimum absolute atomic E-state index is 0.140. The fraction of sp³-hybridized carbons (Fsp3) is 0.545. The Morgan fingerprint density at radius 1 is 1.08 bits per heavy atom. The maximum atomic E-state index is 12.0. The molecule has 1 unspecified atom stereocenters. The molecule has 0 spiro atoms. The molecule has 1 aliphatic rings. The summed E-state index contributed by atoms with van der Waals surface area (Å²) < 4.78 is 0. The summed E-state index contributed by atoms with van der Waals surface area (Å²) in [5.41, 5.74) is 0.904. The van der Waals surface area contributed by atoms with E-state index in [1.165, 1.54) is 19.3 Å². The highest BCUT2D eigenvalue weighted by atomic mass is 16.4. The van der Waals surface area contributed by atoms with Crippen molar-refractivity contribution in [1.82, 2.24) is 0 Å². The van der Waals surface area contributed by atoms with Crippen LogP contribution >= 0.6 is 0 Å². The van der Waals surface area contributed by atoms with Gasteiger partial charge in [-0.25, -0.2) is 0 Å². The van der Waals surface area contributed by atoms with Gasteiger partial charge in [-0.15, -0.1) is 0 Å². The smallest absolute Gasteiger partial charge is 0.303 e. The molecule has 0 aliphatic heterocycles. The van der Waals surface area contributed by atoms with Crippen LogP contribution in [0.5, 0.6) is 0 Å². The van der Waals surface area contributed by atoms with Crippen LogP contribution in [0, 0.1) is 5.92 Å². The van der Waals surface area contributed by atoms with Crippen LogP contribution in [-0.2, 0) is 9.59 Å². The Kier molecular flexibility index (Phi) is 11.3. The van der Waals surface area contributed by atoms with Gasteiger partial charge in [0.1, 0.15) is 0 Å². The molecular weight excluding hydrogens is 312 g/mol. The van der Waals surface area contributed by atoms with E-state index in [1.54, 1.807) is 6.08 Å². The third-order valence-electron chi connectivity index (χ3n) is 4.37. The van der Waals surface area contributed by atoms with Gasteiger partial charge in [-0.05, 0) is 51.0 Å². The van der Waals surface area contributed by atoms with Crippen molar-refractivity contribution in [1.29, 1.82) is 0 Å². The first-order valence-corrected chi connectivity index (χ1v) is 9.61. The number of aliphatic carboxylic acids is 1. The van der Waals surface area contributed by atoms with E-state index >= 15 is 0 Å². The Morgan fingerprint density at radius 2 is 1.80 bits per heavy atom. The number of allylic oxidation sites excluding steroid dienone is 8. The first-order chi connectivity index (χ1) is 12.1. The highest BCUT2D eigenvalue weighted by molar-refractivity contribution is 6.07. The van der Waals surface area contributed by atoms with Crippen molar-refractivity contribution in [2.45, 2.75) is 71.1 Å². The van der Waals surface area contributed by atoms with Crippen molar-refractivity contribution >= 4 is 11.8 Å². The molecule has 0 saturated carbocycles. The lowest BCUT2D eigenvalue weighted by Crippen LogP contribution is -2.02. The summed E-state index contributed by atoms with van der Waals surface area (Å²) in [6.07, 6.45) is 23.6. The van der Waals surface area contributed by atoms with Crippen molar-refractivity contribution in [3.8, 4) is 0 Å². The van der Waals surface area contributed by atoms with E-state index < -0.39 is 5.97 Å². The molecule has 1 rings (SSSR count). The molecule has 1 atom stereocenters. The molecule has 0 amide bonds. The molecule has 0 heterocycles. The maximum Gasteiger partial charge on any atom is 0.303 e. The molecule has 0 fully saturated rings. The molecule has 0 saturated heterocycles. The first-order valence-electron chi connectivity index (χ1n) is 9.61. The van der Waals surface area contributed by atoms with Crippen LogP contribution in [0.3, 0.4) is 0 Å². The van der Waals surface area contributed by atoms with Crippen molar-refractivity contribution in [2.75, 3.05) is 0 Å². The summed E-state index contributed by atoms with van der Waals surface area (Å²) >= 11 is 0. The van der Waals surface area contributed by atoms with Gasteiger partial charge in [0.15, 0.2) is 5.78 Å². The van der Waals surface area contributed by atoms with Gasteiger partial charge < -0.3 is 5.11 Å². The van der Waals surface area contributed by atoms with Gasteiger partial charge in [0, 0.05) is 17.9 Å². The molecule has 3 nitrogen and oxygen atoms in total. The van der Waals surface area contributed by atoms with Crippen molar-refractivity contribution in [3.05, 3.63) is 48.1 Å². The van der Waals surface area contributed by atoms with Gasteiger partial charge in [0.2, 0.25) is 0 Å². The molecule has 1 N–H and O–H groups in total. The molecular formula is C22H32O3. The summed E-state index contributed by atoms with van der Waals surface area (Å²) in [4.78, 5) is 22.4. The zero-order valence-electron chi connectivity index (χ0n) is 15.5. The maximum absolute atomic E-state index is 12.0. The van der Waals surface area contributed by atoms with E-state index in [0.717, 1.165) is 44.1 Å². The molecule has 0 aromatic carbocycles. The first kappa shape index (κ1) is 21.1. The number of carbonyl (C=O) groups excluding carboxylic acids is 1. The number of rotatable bonds is 13. The minimum atomic E-state index is -0.722. The second-order valence-electron chi connectivity index (χ2n) is 6.56. The summed E-state index contributed by atoms with van der Waals surface area (Å²) in [6, 6.07) is 0. The summed E-state index contributed by atoms with van der Waals surface area (Å²) in [5, 5.41) is 8.58. The van der Waals surface area contributed by atoms with Crippen LogP contribution in [0.1, 0.15) is 71.1 Å². The van der Waals surface area contributed by atoms with Gasteiger partial charge >= 0.3 is 5.97 Å². The number of hydrogen-bond acceptors (Lipinski definition) is 2. The average Bonchev–Trinajstić information content (AvgIpc) is 2.93. The van der Waals surface area contributed by atoms with E-state index in [9.17, 15) is 9.59 Å². The van der Waals surface area contributed by atoms with E-state index in [1.807, 2.05) is 18.2 Å². The van der Waals surface area contributed by atoms with E-state index in [0.29, 0.717) is 0 Å². The molecule has 25 heavy (non-hydrogen) atoms. The third kappa shape index (κ3) is 9.85. The lowest BCUT2D eigenvalue weighted by atomic mass is 9.96. The van der Waals surface area contributed by atoms with Gasteiger partial charge in [-0.2, -0.15) is 0 Å². The predicted molar refractivity (Wildman–Crippen MR) is 103 cm³/mol. The minimum Gasteiger partial charge on any atom is -0.481 e. The third-order valence-corrected chi connectivity index (χ3v) is 4.37. The number of carboxylic acid groups (broad SMARTS) is 1. The predicted octanol–water partition coefficient (Wildman–Crippen LogP) is 5.79. The molecule has 0 aromatic heterocycles. The molecule has 0 bridgehead atoms. The van der Waals surface area contributed by atoms with E-state index in [-0.39, 0.29) is 18.1 Å². The summed E-state index contributed by atoms with van der Waals surface area (Å²) in [7, 11) is 0. The molecule has 3 heteroatoms. The van der Waals surface area contributed by atoms with Gasteiger partial charge in [0.25, 0.3) is 0 Å². The van der Waals surface area contributed by atoms with Crippen LogP contribution in [0.2, 0.25) is 0 Å². The monoisotopic (exact) mass is 344 g/mol. The van der Waals surface area contributed by atoms with Crippen molar-refractivity contribution in [3.63, 3.8) is 0 Å².